The zero-order valence-electron chi connectivity index (χ0n) is 17.2. The molecule has 2 heterocycles. The summed E-state index contributed by atoms with van der Waals surface area (Å²) in [6.07, 6.45) is 0. The minimum Gasteiger partial charge on any atom is -0.463 e. The number of esters is 1. The number of carbonyl (C=O) groups excluding carboxylic acids is 1. The molecule has 10 heteroatoms. The van der Waals surface area contributed by atoms with Crippen LogP contribution in [0.15, 0.2) is 63.4 Å². The second-order valence-electron chi connectivity index (χ2n) is 7.03. The van der Waals surface area contributed by atoms with Gasteiger partial charge in [-0.15, -0.1) is 5.10 Å². The van der Waals surface area contributed by atoms with Gasteiger partial charge in [-0.1, -0.05) is 57.5 Å². The molecule has 1 aliphatic heterocycles. The van der Waals surface area contributed by atoms with Gasteiger partial charge in [0.25, 0.3) is 0 Å². The summed E-state index contributed by atoms with van der Waals surface area (Å²) in [7, 11) is 0. The molecule has 1 atom stereocenters. The lowest BCUT2D eigenvalue weighted by atomic mass is 9.96. The SMILES string of the molecule is CCOC(=O)C1=C(C)Nc2nc(SCc3ccc(F)cc3Cl)nn2[C@H]1c1ccc(Br)cc1. The maximum Gasteiger partial charge on any atom is 0.338 e. The molecule has 3 aromatic rings. The topological polar surface area (TPSA) is 69.0 Å². The number of halogens is 3. The highest BCUT2D eigenvalue weighted by Gasteiger charge is 2.35. The number of allylic oxidation sites excluding steroid dienone is 1. The molecule has 0 amide bonds. The zero-order chi connectivity index (χ0) is 22.8. The fourth-order valence-electron chi connectivity index (χ4n) is 3.40. The van der Waals surface area contributed by atoms with Crippen LogP contribution in [0.1, 0.15) is 31.0 Å². The van der Waals surface area contributed by atoms with Gasteiger partial charge in [0.1, 0.15) is 11.9 Å². The molecule has 0 spiro atoms. The number of ether oxygens (including phenoxy) is 1. The first-order valence-corrected chi connectivity index (χ1v) is 12.0. The van der Waals surface area contributed by atoms with Gasteiger partial charge in [0.05, 0.1) is 12.2 Å². The van der Waals surface area contributed by atoms with Crippen LogP contribution in [0.5, 0.6) is 0 Å². The minimum absolute atomic E-state index is 0.270. The predicted octanol–water partition coefficient (Wildman–Crippen LogP) is 5.98. The number of benzene rings is 2. The molecule has 0 saturated carbocycles. The Morgan fingerprint density at radius 1 is 1.31 bits per heavy atom. The summed E-state index contributed by atoms with van der Waals surface area (Å²) in [5.74, 6) is 0.215. The quantitative estimate of drug-likeness (QED) is 0.308. The van der Waals surface area contributed by atoms with E-state index >= 15 is 0 Å². The van der Waals surface area contributed by atoms with Crippen LogP contribution in [0.25, 0.3) is 0 Å². The van der Waals surface area contributed by atoms with Crippen LogP contribution in [0.2, 0.25) is 5.02 Å². The Hall–Kier alpha value is -2.36. The molecule has 0 saturated heterocycles. The van der Waals surface area contributed by atoms with Crippen molar-refractivity contribution in [2.75, 3.05) is 11.9 Å². The summed E-state index contributed by atoms with van der Waals surface area (Å²) in [6, 6.07) is 11.5. The third-order valence-electron chi connectivity index (χ3n) is 4.89. The van der Waals surface area contributed by atoms with Crippen molar-refractivity contribution in [3.05, 3.63) is 80.2 Å². The standard InChI is InChI=1S/C22H19BrClFN4O2S/c1-3-31-20(30)18-12(2)26-21-27-22(32-11-14-6-9-16(25)10-17(14)24)28-29(21)19(18)13-4-7-15(23)8-5-13/h4-10,19H,3,11H2,1-2H3,(H,26,27,28)/t19-/m0/s1. The van der Waals surface area contributed by atoms with E-state index in [9.17, 15) is 9.18 Å². The molecule has 0 radical (unpaired) electrons. The first-order valence-electron chi connectivity index (χ1n) is 9.81. The molecule has 2 aromatic carbocycles. The Balaban J connectivity index is 1.68. The van der Waals surface area contributed by atoms with Crippen LogP contribution in [0.3, 0.4) is 0 Å². The van der Waals surface area contributed by atoms with E-state index in [-0.39, 0.29) is 12.4 Å². The lowest BCUT2D eigenvalue weighted by Gasteiger charge is -2.28. The zero-order valence-corrected chi connectivity index (χ0v) is 20.4. The largest absolute Gasteiger partial charge is 0.463 e. The number of hydrogen-bond acceptors (Lipinski definition) is 6. The van der Waals surface area contributed by atoms with E-state index in [1.807, 2.05) is 31.2 Å². The molecule has 0 bridgehead atoms. The summed E-state index contributed by atoms with van der Waals surface area (Å²) in [6.45, 7) is 3.86. The highest BCUT2D eigenvalue weighted by Crippen LogP contribution is 2.37. The van der Waals surface area contributed by atoms with Crippen molar-refractivity contribution in [2.45, 2.75) is 30.8 Å². The van der Waals surface area contributed by atoms with Crippen LogP contribution in [-0.4, -0.2) is 27.3 Å². The Morgan fingerprint density at radius 3 is 2.75 bits per heavy atom. The van der Waals surface area contributed by atoms with E-state index in [0.29, 0.717) is 33.2 Å². The van der Waals surface area contributed by atoms with Crippen molar-refractivity contribution in [3.8, 4) is 0 Å². The maximum atomic E-state index is 13.3. The van der Waals surface area contributed by atoms with Gasteiger partial charge in [-0.2, -0.15) is 4.98 Å². The number of fused-ring (bicyclic) bond motifs is 1. The fraction of sp³-hybridized carbons (Fsp3) is 0.227. The number of aromatic nitrogens is 3. The summed E-state index contributed by atoms with van der Waals surface area (Å²) in [4.78, 5) is 17.4. The molecule has 0 unspecified atom stereocenters. The number of rotatable bonds is 6. The molecule has 6 nitrogen and oxygen atoms in total. The van der Waals surface area contributed by atoms with Crippen molar-refractivity contribution in [2.24, 2.45) is 0 Å². The summed E-state index contributed by atoms with van der Waals surface area (Å²) < 4.78 is 21.3. The Kier molecular flexibility index (Phi) is 6.88. The molecular weight excluding hydrogens is 519 g/mol. The monoisotopic (exact) mass is 536 g/mol. The van der Waals surface area contributed by atoms with E-state index in [2.05, 4.69) is 31.3 Å². The average Bonchev–Trinajstić information content (AvgIpc) is 3.15. The second-order valence-corrected chi connectivity index (χ2v) is 9.29. The minimum atomic E-state index is -0.491. The second kappa shape index (κ2) is 9.64. The Morgan fingerprint density at radius 2 is 2.06 bits per heavy atom. The van der Waals surface area contributed by atoms with Crippen molar-refractivity contribution < 1.29 is 13.9 Å². The number of thioether (sulfide) groups is 1. The molecule has 1 aromatic heterocycles. The number of nitrogens with zero attached hydrogens (tertiary/aromatic N) is 3. The van der Waals surface area contributed by atoms with Gasteiger partial charge >= 0.3 is 5.97 Å². The van der Waals surface area contributed by atoms with E-state index in [0.717, 1.165) is 15.6 Å². The normalized spacial score (nSPS) is 15.3. The van der Waals surface area contributed by atoms with Gasteiger partial charge < -0.3 is 10.1 Å². The highest BCUT2D eigenvalue weighted by atomic mass is 79.9. The molecule has 1 aliphatic rings. The third kappa shape index (κ3) is 4.69. The predicted molar refractivity (Wildman–Crippen MR) is 126 cm³/mol. The van der Waals surface area contributed by atoms with Gasteiger partial charge in [0.15, 0.2) is 0 Å². The Labute approximate surface area is 202 Å². The molecular formula is C22H19BrClFN4O2S. The third-order valence-corrected chi connectivity index (χ3v) is 6.65. The van der Waals surface area contributed by atoms with Crippen molar-refractivity contribution >= 4 is 51.2 Å². The number of carbonyl (C=O) groups is 1. The molecule has 4 rings (SSSR count). The number of hydrogen-bond donors (Lipinski definition) is 1. The van der Waals surface area contributed by atoms with E-state index < -0.39 is 12.0 Å². The highest BCUT2D eigenvalue weighted by molar-refractivity contribution is 9.10. The van der Waals surface area contributed by atoms with E-state index in [1.165, 1.54) is 23.9 Å². The maximum absolute atomic E-state index is 13.3. The summed E-state index contributed by atoms with van der Waals surface area (Å²) in [5.41, 5.74) is 2.80. The number of nitrogens with one attached hydrogen (secondary N) is 1. The van der Waals surface area contributed by atoms with Crippen LogP contribution in [-0.2, 0) is 15.3 Å². The fourth-order valence-corrected chi connectivity index (χ4v) is 4.81. The number of anilines is 1. The molecule has 0 fully saturated rings. The molecule has 166 valence electrons. The van der Waals surface area contributed by atoms with Crippen LogP contribution in [0.4, 0.5) is 10.3 Å². The lowest BCUT2D eigenvalue weighted by Crippen LogP contribution is -2.29. The summed E-state index contributed by atoms with van der Waals surface area (Å²) >= 11 is 11.0. The van der Waals surface area contributed by atoms with Crippen LogP contribution >= 0.6 is 39.3 Å². The first kappa shape index (κ1) is 22.8. The average molecular weight is 538 g/mol. The molecule has 0 aliphatic carbocycles. The smallest absolute Gasteiger partial charge is 0.338 e. The molecule has 32 heavy (non-hydrogen) atoms. The van der Waals surface area contributed by atoms with Crippen molar-refractivity contribution in [3.63, 3.8) is 0 Å². The van der Waals surface area contributed by atoms with Crippen molar-refractivity contribution in [1.29, 1.82) is 0 Å². The van der Waals surface area contributed by atoms with Gasteiger partial charge in [-0.3, -0.25) is 0 Å². The van der Waals surface area contributed by atoms with Crippen molar-refractivity contribution in [1.82, 2.24) is 14.8 Å². The molecule has 1 N–H and O–H groups in total. The first-order chi connectivity index (χ1) is 15.4. The van der Waals surface area contributed by atoms with Gasteiger partial charge in [-0.05, 0) is 49.2 Å². The Bertz CT molecular complexity index is 1200. The van der Waals surface area contributed by atoms with E-state index in [1.54, 1.807) is 17.7 Å². The van der Waals surface area contributed by atoms with E-state index in [4.69, 9.17) is 16.3 Å². The summed E-state index contributed by atoms with van der Waals surface area (Å²) in [5, 5.41) is 8.69. The van der Waals surface area contributed by atoms with Crippen LogP contribution < -0.4 is 5.32 Å². The lowest BCUT2D eigenvalue weighted by molar-refractivity contribution is -0.139. The van der Waals surface area contributed by atoms with Gasteiger partial charge in [0.2, 0.25) is 11.1 Å². The van der Waals surface area contributed by atoms with Crippen LogP contribution in [0, 0.1) is 5.82 Å². The van der Waals surface area contributed by atoms with Gasteiger partial charge in [0, 0.05) is 20.9 Å². The van der Waals surface area contributed by atoms with Gasteiger partial charge in [-0.25, -0.2) is 13.9 Å².